The van der Waals surface area contributed by atoms with Crippen molar-refractivity contribution in [2.24, 2.45) is 0 Å². The standard InChI is InChI=1S/C5H11NO2.ClH/c1-3-4-6(2)5(7)8;/h3,5,7-8H,1,4H2,2H3;1H. The van der Waals surface area contributed by atoms with Crippen LogP contribution in [-0.2, 0) is 0 Å². The zero-order valence-electron chi connectivity index (χ0n) is 5.32. The van der Waals surface area contributed by atoms with Crippen LogP contribution < -0.4 is 0 Å². The second-order valence-corrected chi connectivity index (χ2v) is 1.57. The van der Waals surface area contributed by atoms with E-state index in [1.165, 1.54) is 4.90 Å². The van der Waals surface area contributed by atoms with Crippen molar-refractivity contribution < 1.29 is 10.2 Å². The van der Waals surface area contributed by atoms with Gasteiger partial charge in [0, 0.05) is 6.54 Å². The minimum absolute atomic E-state index is 0. The largest absolute Gasteiger partial charge is 0.356 e. The fourth-order valence-electron chi connectivity index (χ4n) is 0.298. The normalized spacial score (nSPS) is 9.44. The first-order valence-corrected chi connectivity index (χ1v) is 2.35. The Morgan fingerprint density at radius 3 is 2.22 bits per heavy atom. The van der Waals surface area contributed by atoms with E-state index in [2.05, 4.69) is 6.58 Å². The molecule has 56 valence electrons. The molecule has 0 unspecified atom stereocenters. The van der Waals surface area contributed by atoms with Gasteiger partial charge in [-0.25, -0.2) is 0 Å². The first-order chi connectivity index (χ1) is 3.68. The molecule has 0 heterocycles. The quantitative estimate of drug-likeness (QED) is 0.436. The molecular formula is C5H12ClNO2. The molecule has 0 aliphatic heterocycles. The van der Waals surface area contributed by atoms with Gasteiger partial charge >= 0.3 is 0 Å². The summed E-state index contributed by atoms with van der Waals surface area (Å²) in [6, 6.07) is 0. The summed E-state index contributed by atoms with van der Waals surface area (Å²) in [4.78, 5) is 1.34. The second kappa shape index (κ2) is 6.04. The Hall–Kier alpha value is -0.0900. The molecule has 0 rings (SSSR count). The molecule has 0 fully saturated rings. The van der Waals surface area contributed by atoms with Crippen LogP contribution in [0.3, 0.4) is 0 Å². The smallest absolute Gasteiger partial charge is 0.213 e. The SMILES string of the molecule is C=CCN(C)C(O)O.Cl. The Bertz CT molecular complexity index is 77.4. The van der Waals surface area contributed by atoms with Crippen molar-refractivity contribution >= 4 is 12.4 Å². The van der Waals surface area contributed by atoms with Gasteiger partial charge in [0.15, 0.2) is 0 Å². The average Bonchev–Trinajstić information content (AvgIpc) is 1.67. The maximum Gasteiger partial charge on any atom is 0.213 e. The van der Waals surface area contributed by atoms with E-state index in [0.717, 1.165) is 0 Å². The Morgan fingerprint density at radius 1 is 1.67 bits per heavy atom. The lowest BCUT2D eigenvalue weighted by molar-refractivity contribution is -0.140. The van der Waals surface area contributed by atoms with Crippen molar-refractivity contribution in [3.63, 3.8) is 0 Å². The number of aliphatic hydroxyl groups is 2. The van der Waals surface area contributed by atoms with E-state index in [0.29, 0.717) is 6.54 Å². The third-order valence-corrected chi connectivity index (χ3v) is 0.811. The Morgan fingerprint density at radius 2 is 2.11 bits per heavy atom. The van der Waals surface area contributed by atoms with Crippen LogP contribution in [0, 0.1) is 0 Å². The molecule has 0 aliphatic rings. The van der Waals surface area contributed by atoms with Crippen LogP contribution in [0.2, 0.25) is 0 Å². The maximum atomic E-state index is 8.39. The zero-order valence-corrected chi connectivity index (χ0v) is 6.14. The third kappa shape index (κ3) is 5.79. The average molecular weight is 154 g/mol. The van der Waals surface area contributed by atoms with Crippen molar-refractivity contribution in [1.82, 2.24) is 4.90 Å². The Labute approximate surface area is 61.0 Å². The molecule has 4 heteroatoms. The van der Waals surface area contributed by atoms with Crippen molar-refractivity contribution in [1.29, 1.82) is 0 Å². The molecule has 0 atom stereocenters. The summed E-state index contributed by atoms with van der Waals surface area (Å²) in [7, 11) is 1.59. The molecule has 0 aliphatic carbocycles. The number of hydrogen-bond acceptors (Lipinski definition) is 3. The van der Waals surface area contributed by atoms with Gasteiger partial charge in [0.2, 0.25) is 6.41 Å². The van der Waals surface area contributed by atoms with Gasteiger partial charge in [-0.15, -0.1) is 19.0 Å². The van der Waals surface area contributed by atoms with Crippen LogP contribution in [0.1, 0.15) is 0 Å². The highest BCUT2D eigenvalue weighted by atomic mass is 35.5. The predicted molar refractivity (Wildman–Crippen MR) is 38.3 cm³/mol. The molecule has 0 amide bonds. The molecule has 0 aromatic heterocycles. The summed E-state index contributed by atoms with van der Waals surface area (Å²) in [6.07, 6.45) is 0.229. The van der Waals surface area contributed by atoms with Crippen LogP contribution >= 0.6 is 12.4 Å². The highest BCUT2D eigenvalue weighted by Crippen LogP contribution is 1.84. The second-order valence-electron chi connectivity index (χ2n) is 1.57. The van der Waals surface area contributed by atoms with Gasteiger partial charge in [0.05, 0.1) is 0 Å². The van der Waals surface area contributed by atoms with Crippen molar-refractivity contribution in [2.45, 2.75) is 6.41 Å². The summed E-state index contributed by atoms with van der Waals surface area (Å²) < 4.78 is 0. The number of nitrogens with zero attached hydrogens (tertiary/aromatic N) is 1. The van der Waals surface area contributed by atoms with Crippen molar-refractivity contribution in [3.05, 3.63) is 12.7 Å². The fourth-order valence-corrected chi connectivity index (χ4v) is 0.298. The zero-order chi connectivity index (χ0) is 6.57. The van der Waals surface area contributed by atoms with E-state index in [9.17, 15) is 0 Å². The van der Waals surface area contributed by atoms with Crippen LogP contribution in [0.5, 0.6) is 0 Å². The summed E-state index contributed by atoms with van der Waals surface area (Å²) in [5.41, 5.74) is 0. The molecular weight excluding hydrogens is 142 g/mol. The number of aliphatic hydroxyl groups excluding tert-OH is 1. The van der Waals surface area contributed by atoms with Gasteiger partial charge in [0.1, 0.15) is 0 Å². The number of halogens is 1. The minimum Gasteiger partial charge on any atom is -0.356 e. The lowest BCUT2D eigenvalue weighted by atomic mass is 10.6. The number of rotatable bonds is 3. The van der Waals surface area contributed by atoms with E-state index < -0.39 is 6.41 Å². The summed E-state index contributed by atoms with van der Waals surface area (Å²) in [6.45, 7) is 3.90. The molecule has 0 bridgehead atoms. The van der Waals surface area contributed by atoms with Crippen LogP contribution in [0.15, 0.2) is 12.7 Å². The number of likely N-dealkylation sites (N-methyl/N-ethyl adjacent to an activating group) is 1. The van der Waals surface area contributed by atoms with Crippen LogP contribution in [0.25, 0.3) is 0 Å². The Balaban J connectivity index is 0. The number of hydrogen-bond donors (Lipinski definition) is 2. The van der Waals surface area contributed by atoms with E-state index in [4.69, 9.17) is 10.2 Å². The van der Waals surface area contributed by atoms with E-state index >= 15 is 0 Å². The monoisotopic (exact) mass is 153 g/mol. The van der Waals surface area contributed by atoms with E-state index in [1.54, 1.807) is 13.1 Å². The van der Waals surface area contributed by atoms with E-state index in [1.807, 2.05) is 0 Å². The fraction of sp³-hybridized carbons (Fsp3) is 0.600. The summed E-state index contributed by atoms with van der Waals surface area (Å²) in [5.74, 6) is 0. The highest BCUT2D eigenvalue weighted by Gasteiger charge is 2.00. The molecule has 0 radical (unpaired) electrons. The molecule has 0 saturated heterocycles. The lowest BCUT2D eigenvalue weighted by Crippen LogP contribution is -2.30. The predicted octanol–water partition coefficient (Wildman–Crippen LogP) is -0.206. The highest BCUT2D eigenvalue weighted by molar-refractivity contribution is 5.85. The van der Waals surface area contributed by atoms with Gasteiger partial charge in [-0.2, -0.15) is 0 Å². The van der Waals surface area contributed by atoms with Gasteiger partial charge in [-0.3, -0.25) is 4.90 Å². The van der Waals surface area contributed by atoms with Crippen LogP contribution in [-0.4, -0.2) is 35.1 Å². The first-order valence-electron chi connectivity index (χ1n) is 2.35. The topological polar surface area (TPSA) is 43.7 Å². The lowest BCUT2D eigenvalue weighted by Gasteiger charge is -2.14. The molecule has 0 aromatic rings. The molecule has 2 N–H and O–H groups in total. The van der Waals surface area contributed by atoms with Gasteiger partial charge in [-0.1, -0.05) is 6.08 Å². The summed E-state index contributed by atoms with van der Waals surface area (Å²) >= 11 is 0. The molecule has 3 nitrogen and oxygen atoms in total. The van der Waals surface area contributed by atoms with Gasteiger partial charge in [0.25, 0.3) is 0 Å². The van der Waals surface area contributed by atoms with Crippen molar-refractivity contribution in [2.75, 3.05) is 13.6 Å². The van der Waals surface area contributed by atoms with E-state index in [-0.39, 0.29) is 12.4 Å². The third-order valence-electron chi connectivity index (χ3n) is 0.811. The molecule has 0 spiro atoms. The maximum absolute atomic E-state index is 8.39. The Kier molecular flexibility index (Phi) is 7.83. The van der Waals surface area contributed by atoms with Crippen LogP contribution in [0.4, 0.5) is 0 Å². The minimum atomic E-state index is -1.37. The molecule has 0 saturated carbocycles. The summed E-state index contributed by atoms with van der Waals surface area (Å²) in [5, 5.41) is 16.8. The van der Waals surface area contributed by atoms with Crippen molar-refractivity contribution in [3.8, 4) is 0 Å². The van der Waals surface area contributed by atoms with Gasteiger partial charge < -0.3 is 10.2 Å². The molecule has 0 aromatic carbocycles. The first kappa shape index (κ1) is 11.7. The van der Waals surface area contributed by atoms with Gasteiger partial charge in [-0.05, 0) is 7.05 Å². The molecule has 9 heavy (non-hydrogen) atoms.